The Morgan fingerprint density at radius 3 is 2.47 bits per heavy atom. The van der Waals surface area contributed by atoms with E-state index in [9.17, 15) is 8.42 Å². The minimum atomic E-state index is -3.09. The summed E-state index contributed by atoms with van der Waals surface area (Å²) in [6.45, 7) is 6.37. The molecule has 0 fully saturated rings. The second-order valence-electron chi connectivity index (χ2n) is 4.41. The number of furan rings is 1. The highest BCUT2D eigenvalue weighted by atomic mass is 32.2. The third kappa shape index (κ3) is 3.85. The van der Waals surface area contributed by atoms with Gasteiger partial charge in [-0.25, -0.2) is 8.42 Å². The molecule has 1 rings (SSSR count). The largest absolute Gasteiger partial charge is 0.465 e. The van der Waals surface area contributed by atoms with Crippen molar-refractivity contribution in [2.75, 3.05) is 12.8 Å². The standard InChI is InChI=1S/C12H21NO3S/c1-5-8-13-12(10(3)17(4,14)15)11-7-6-9(2)16-11/h6-7,10,12-13H,5,8H2,1-4H3. The molecule has 0 radical (unpaired) electrons. The van der Waals surface area contributed by atoms with Crippen molar-refractivity contribution in [1.82, 2.24) is 5.32 Å². The van der Waals surface area contributed by atoms with E-state index in [1.54, 1.807) is 6.92 Å². The summed E-state index contributed by atoms with van der Waals surface area (Å²) in [6, 6.07) is 3.41. The molecule has 0 saturated carbocycles. The van der Waals surface area contributed by atoms with Crippen molar-refractivity contribution >= 4 is 9.84 Å². The van der Waals surface area contributed by atoms with Gasteiger partial charge in [-0.15, -0.1) is 0 Å². The molecule has 0 aliphatic carbocycles. The molecule has 1 aromatic heterocycles. The number of nitrogens with one attached hydrogen (secondary N) is 1. The van der Waals surface area contributed by atoms with Gasteiger partial charge in [0.2, 0.25) is 0 Å². The Labute approximate surface area is 103 Å². The maximum atomic E-state index is 11.6. The molecule has 0 spiro atoms. The lowest BCUT2D eigenvalue weighted by atomic mass is 10.1. The van der Waals surface area contributed by atoms with Crippen LogP contribution in [0.1, 0.15) is 37.8 Å². The van der Waals surface area contributed by atoms with E-state index < -0.39 is 15.1 Å². The van der Waals surface area contributed by atoms with Crippen LogP contribution >= 0.6 is 0 Å². The first-order chi connectivity index (χ1) is 7.86. The lowest BCUT2D eigenvalue weighted by Crippen LogP contribution is -2.35. The summed E-state index contributed by atoms with van der Waals surface area (Å²) in [5.74, 6) is 1.48. The van der Waals surface area contributed by atoms with E-state index in [2.05, 4.69) is 5.32 Å². The van der Waals surface area contributed by atoms with Gasteiger partial charge in [-0.1, -0.05) is 6.92 Å². The Bertz CT molecular complexity index is 450. The second-order valence-corrected chi connectivity index (χ2v) is 6.82. The Morgan fingerprint density at radius 1 is 1.41 bits per heavy atom. The Morgan fingerprint density at radius 2 is 2.06 bits per heavy atom. The fourth-order valence-electron chi connectivity index (χ4n) is 1.67. The monoisotopic (exact) mass is 259 g/mol. The van der Waals surface area contributed by atoms with Crippen LogP contribution in [-0.2, 0) is 9.84 Å². The van der Waals surface area contributed by atoms with Crippen LogP contribution in [0.5, 0.6) is 0 Å². The fraction of sp³-hybridized carbons (Fsp3) is 0.667. The minimum absolute atomic E-state index is 0.279. The molecular formula is C12H21NO3S. The quantitative estimate of drug-likeness (QED) is 0.849. The molecule has 2 unspecified atom stereocenters. The Balaban J connectivity index is 2.95. The molecule has 5 heteroatoms. The third-order valence-electron chi connectivity index (χ3n) is 2.83. The fourth-order valence-corrected chi connectivity index (χ4v) is 2.39. The van der Waals surface area contributed by atoms with Crippen molar-refractivity contribution < 1.29 is 12.8 Å². The van der Waals surface area contributed by atoms with Crippen LogP contribution in [0.25, 0.3) is 0 Å². The van der Waals surface area contributed by atoms with Gasteiger partial charge in [0.25, 0.3) is 0 Å². The molecule has 98 valence electrons. The van der Waals surface area contributed by atoms with Crippen molar-refractivity contribution in [3.8, 4) is 0 Å². The van der Waals surface area contributed by atoms with Gasteiger partial charge in [-0.05, 0) is 38.9 Å². The topological polar surface area (TPSA) is 59.3 Å². The zero-order valence-electron chi connectivity index (χ0n) is 10.9. The first-order valence-electron chi connectivity index (χ1n) is 5.84. The highest BCUT2D eigenvalue weighted by Crippen LogP contribution is 2.23. The van der Waals surface area contributed by atoms with E-state index in [1.165, 1.54) is 6.26 Å². The van der Waals surface area contributed by atoms with Crippen molar-refractivity contribution in [3.05, 3.63) is 23.7 Å². The average Bonchev–Trinajstić information content (AvgIpc) is 2.64. The van der Waals surface area contributed by atoms with E-state index in [1.807, 2.05) is 26.0 Å². The molecule has 1 heterocycles. The van der Waals surface area contributed by atoms with E-state index in [4.69, 9.17) is 4.42 Å². The van der Waals surface area contributed by atoms with E-state index >= 15 is 0 Å². The third-order valence-corrected chi connectivity index (χ3v) is 4.45. The molecule has 1 N–H and O–H groups in total. The Hall–Kier alpha value is -0.810. The highest BCUT2D eigenvalue weighted by molar-refractivity contribution is 7.91. The molecule has 2 atom stereocenters. The molecule has 1 aromatic rings. The summed E-state index contributed by atoms with van der Waals surface area (Å²) in [6.07, 6.45) is 2.21. The van der Waals surface area contributed by atoms with Crippen LogP contribution in [0.2, 0.25) is 0 Å². The average molecular weight is 259 g/mol. The summed E-state index contributed by atoms with van der Waals surface area (Å²) in [5.41, 5.74) is 0. The van der Waals surface area contributed by atoms with Gasteiger partial charge >= 0.3 is 0 Å². The van der Waals surface area contributed by atoms with Crippen LogP contribution in [0.15, 0.2) is 16.5 Å². The summed E-state index contributed by atoms with van der Waals surface area (Å²) >= 11 is 0. The minimum Gasteiger partial charge on any atom is -0.465 e. The Kier molecular flexibility index (Phi) is 4.77. The highest BCUT2D eigenvalue weighted by Gasteiger charge is 2.28. The smallest absolute Gasteiger partial charge is 0.152 e. The van der Waals surface area contributed by atoms with Gasteiger partial charge in [0.15, 0.2) is 9.84 Å². The summed E-state index contributed by atoms with van der Waals surface area (Å²) in [7, 11) is -3.09. The van der Waals surface area contributed by atoms with E-state index in [-0.39, 0.29) is 6.04 Å². The summed E-state index contributed by atoms with van der Waals surface area (Å²) < 4.78 is 28.8. The predicted molar refractivity (Wildman–Crippen MR) is 68.8 cm³/mol. The molecule has 0 saturated heterocycles. The lowest BCUT2D eigenvalue weighted by molar-refractivity contribution is 0.392. The number of hydrogen-bond donors (Lipinski definition) is 1. The van der Waals surface area contributed by atoms with Crippen molar-refractivity contribution in [3.63, 3.8) is 0 Å². The van der Waals surface area contributed by atoms with Gasteiger partial charge in [0.1, 0.15) is 11.5 Å². The van der Waals surface area contributed by atoms with Crippen molar-refractivity contribution in [1.29, 1.82) is 0 Å². The first-order valence-corrected chi connectivity index (χ1v) is 7.80. The summed E-state index contributed by atoms with van der Waals surface area (Å²) in [5, 5.41) is 2.73. The zero-order chi connectivity index (χ0) is 13.1. The molecule has 0 aliphatic heterocycles. The second kappa shape index (κ2) is 5.69. The molecule has 0 aromatic carbocycles. The van der Waals surface area contributed by atoms with Gasteiger partial charge < -0.3 is 9.73 Å². The van der Waals surface area contributed by atoms with Crippen LogP contribution in [0, 0.1) is 6.92 Å². The number of aryl methyl sites for hydroxylation is 1. The molecule has 0 aliphatic rings. The maximum absolute atomic E-state index is 11.6. The number of hydrogen-bond acceptors (Lipinski definition) is 4. The molecular weight excluding hydrogens is 238 g/mol. The summed E-state index contributed by atoms with van der Waals surface area (Å²) in [4.78, 5) is 0. The molecule has 0 amide bonds. The number of sulfone groups is 1. The van der Waals surface area contributed by atoms with Crippen molar-refractivity contribution in [2.45, 2.75) is 38.5 Å². The van der Waals surface area contributed by atoms with Crippen LogP contribution in [-0.4, -0.2) is 26.5 Å². The molecule has 0 bridgehead atoms. The number of rotatable bonds is 6. The van der Waals surface area contributed by atoms with Gasteiger partial charge in [0, 0.05) is 6.26 Å². The van der Waals surface area contributed by atoms with Gasteiger partial charge in [-0.3, -0.25) is 0 Å². The van der Waals surface area contributed by atoms with E-state index in [0.29, 0.717) is 5.76 Å². The normalized spacial score (nSPS) is 15.8. The molecule has 17 heavy (non-hydrogen) atoms. The van der Waals surface area contributed by atoms with Crippen LogP contribution in [0.4, 0.5) is 0 Å². The van der Waals surface area contributed by atoms with Crippen molar-refractivity contribution in [2.24, 2.45) is 0 Å². The molecule has 4 nitrogen and oxygen atoms in total. The van der Waals surface area contributed by atoms with Gasteiger partial charge in [0.05, 0.1) is 11.3 Å². The SMILES string of the molecule is CCCNC(c1ccc(C)o1)C(C)S(C)(=O)=O. The van der Waals surface area contributed by atoms with E-state index in [0.717, 1.165) is 18.7 Å². The lowest BCUT2D eigenvalue weighted by Gasteiger charge is -2.22. The van der Waals surface area contributed by atoms with Gasteiger partial charge in [-0.2, -0.15) is 0 Å². The van der Waals surface area contributed by atoms with Crippen LogP contribution in [0.3, 0.4) is 0 Å². The zero-order valence-corrected chi connectivity index (χ0v) is 11.7. The maximum Gasteiger partial charge on any atom is 0.152 e. The predicted octanol–water partition coefficient (Wildman–Crippen LogP) is 2.06. The first kappa shape index (κ1) is 14.3. The van der Waals surface area contributed by atoms with Crippen LogP contribution < -0.4 is 5.32 Å².